The van der Waals surface area contributed by atoms with Crippen LogP contribution in [0.4, 0.5) is 0 Å². The highest BCUT2D eigenvalue weighted by atomic mass is 16.2. The number of nitrogens with one attached hydrogen (secondary N) is 3. The van der Waals surface area contributed by atoms with Crippen LogP contribution < -0.4 is 21.7 Å². The summed E-state index contributed by atoms with van der Waals surface area (Å²) in [5, 5.41) is 7.06. The molecule has 0 aliphatic rings. The fourth-order valence-electron chi connectivity index (χ4n) is 0.880. The number of rotatable bonds is 5. The van der Waals surface area contributed by atoms with Gasteiger partial charge in [0, 0.05) is 19.1 Å². The zero-order valence-electron chi connectivity index (χ0n) is 9.50. The topological polar surface area (TPSA) is 113 Å². The molecule has 0 radical (unpaired) electrons. The first kappa shape index (κ1) is 14.4. The van der Waals surface area contributed by atoms with Gasteiger partial charge in [0.25, 0.3) is 0 Å². The molecule has 0 fully saturated rings. The Kier molecular flexibility index (Phi) is 6.86. The Hall–Kier alpha value is -1.63. The monoisotopic (exact) mass is 230 g/mol. The predicted octanol–water partition coefficient (Wildman–Crippen LogP) is -2.30. The molecular formula is C9H18N4O3. The molecule has 0 spiro atoms. The van der Waals surface area contributed by atoms with Crippen LogP contribution in [0.25, 0.3) is 0 Å². The SMILES string of the molecule is CC(C)NC(=O)CNC(=O)C(=O)NCCN. The molecule has 0 rings (SSSR count). The van der Waals surface area contributed by atoms with E-state index in [0.29, 0.717) is 0 Å². The van der Waals surface area contributed by atoms with Gasteiger partial charge >= 0.3 is 11.8 Å². The quantitative estimate of drug-likeness (QED) is 0.398. The first-order valence-corrected chi connectivity index (χ1v) is 5.02. The van der Waals surface area contributed by atoms with Crippen molar-refractivity contribution in [3.8, 4) is 0 Å². The molecule has 0 aromatic carbocycles. The van der Waals surface area contributed by atoms with Crippen molar-refractivity contribution in [1.29, 1.82) is 0 Å². The van der Waals surface area contributed by atoms with Crippen molar-refractivity contribution in [2.45, 2.75) is 19.9 Å². The van der Waals surface area contributed by atoms with Crippen molar-refractivity contribution < 1.29 is 14.4 Å². The molecule has 0 heterocycles. The summed E-state index contributed by atoms with van der Waals surface area (Å²) >= 11 is 0. The lowest BCUT2D eigenvalue weighted by molar-refractivity contribution is -0.139. The Morgan fingerprint density at radius 3 is 2.19 bits per heavy atom. The van der Waals surface area contributed by atoms with E-state index in [2.05, 4.69) is 16.0 Å². The maximum absolute atomic E-state index is 11.1. The number of amides is 3. The van der Waals surface area contributed by atoms with Crippen LogP contribution in [0, 0.1) is 0 Å². The molecule has 7 heteroatoms. The summed E-state index contributed by atoms with van der Waals surface area (Å²) in [6.07, 6.45) is 0. The Labute approximate surface area is 94.1 Å². The van der Waals surface area contributed by atoms with Crippen LogP contribution in [-0.4, -0.2) is 43.4 Å². The van der Waals surface area contributed by atoms with Gasteiger partial charge in [-0.05, 0) is 13.8 Å². The molecule has 0 aromatic rings. The second-order valence-corrected chi connectivity index (χ2v) is 3.45. The summed E-state index contributed by atoms with van der Waals surface area (Å²) in [7, 11) is 0. The molecule has 0 aromatic heterocycles. The lowest BCUT2D eigenvalue weighted by Crippen LogP contribution is -2.46. The van der Waals surface area contributed by atoms with E-state index in [1.807, 2.05) is 0 Å². The van der Waals surface area contributed by atoms with E-state index in [9.17, 15) is 14.4 Å². The average Bonchev–Trinajstić information content (AvgIpc) is 2.21. The summed E-state index contributed by atoms with van der Waals surface area (Å²) in [5.74, 6) is -1.97. The highest BCUT2D eigenvalue weighted by Gasteiger charge is 2.13. The van der Waals surface area contributed by atoms with Crippen LogP contribution in [0.2, 0.25) is 0 Å². The third-order valence-electron chi connectivity index (χ3n) is 1.50. The normalized spacial score (nSPS) is 9.75. The number of carbonyl (C=O) groups excluding carboxylic acids is 3. The molecule has 5 N–H and O–H groups in total. The second kappa shape index (κ2) is 7.63. The molecule has 0 saturated carbocycles. The molecule has 0 aliphatic carbocycles. The van der Waals surface area contributed by atoms with Gasteiger partial charge in [-0.3, -0.25) is 14.4 Å². The van der Waals surface area contributed by atoms with E-state index < -0.39 is 11.8 Å². The molecule has 92 valence electrons. The smallest absolute Gasteiger partial charge is 0.309 e. The van der Waals surface area contributed by atoms with Crippen LogP contribution >= 0.6 is 0 Å². The number of hydrogen-bond acceptors (Lipinski definition) is 4. The van der Waals surface area contributed by atoms with Gasteiger partial charge in [-0.25, -0.2) is 0 Å². The molecule has 3 amide bonds. The van der Waals surface area contributed by atoms with Gasteiger partial charge in [0.2, 0.25) is 5.91 Å². The van der Waals surface area contributed by atoms with E-state index in [1.165, 1.54) is 0 Å². The van der Waals surface area contributed by atoms with Crippen LogP contribution in [0.15, 0.2) is 0 Å². The van der Waals surface area contributed by atoms with Gasteiger partial charge in [0.1, 0.15) is 0 Å². The molecule has 0 atom stereocenters. The summed E-state index contributed by atoms with van der Waals surface area (Å²) in [6, 6.07) is -0.00420. The Balaban J connectivity index is 3.80. The van der Waals surface area contributed by atoms with Gasteiger partial charge < -0.3 is 21.7 Å². The van der Waals surface area contributed by atoms with Crippen LogP contribution in [-0.2, 0) is 14.4 Å². The van der Waals surface area contributed by atoms with Crippen LogP contribution in [0.5, 0.6) is 0 Å². The molecule has 0 bridgehead atoms. The van der Waals surface area contributed by atoms with Crippen LogP contribution in [0.1, 0.15) is 13.8 Å². The van der Waals surface area contributed by atoms with Gasteiger partial charge in [0.05, 0.1) is 6.54 Å². The number of nitrogens with two attached hydrogens (primary N) is 1. The summed E-state index contributed by atoms with van der Waals surface area (Å²) in [4.78, 5) is 33.2. The molecule has 7 nitrogen and oxygen atoms in total. The molecule has 0 aliphatic heterocycles. The van der Waals surface area contributed by atoms with Gasteiger partial charge in [0.15, 0.2) is 0 Å². The number of hydrogen-bond donors (Lipinski definition) is 4. The molecule has 16 heavy (non-hydrogen) atoms. The second-order valence-electron chi connectivity index (χ2n) is 3.45. The Bertz CT molecular complexity index is 265. The van der Waals surface area contributed by atoms with Gasteiger partial charge in [-0.15, -0.1) is 0 Å². The first-order valence-electron chi connectivity index (χ1n) is 5.02. The Morgan fingerprint density at radius 1 is 1.12 bits per heavy atom. The lowest BCUT2D eigenvalue weighted by Gasteiger charge is -2.09. The molecular weight excluding hydrogens is 212 g/mol. The summed E-state index contributed by atoms with van der Waals surface area (Å²) in [5.41, 5.74) is 5.14. The lowest BCUT2D eigenvalue weighted by atomic mass is 10.4. The van der Waals surface area contributed by atoms with Crippen molar-refractivity contribution in [3.63, 3.8) is 0 Å². The fourth-order valence-corrected chi connectivity index (χ4v) is 0.880. The van der Waals surface area contributed by atoms with Gasteiger partial charge in [-0.1, -0.05) is 0 Å². The van der Waals surface area contributed by atoms with E-state index >= 15 is 0 Å². The predicted molar refractivity (Wildman–Crippen MR) is 58.4 cm³/mol. The molecule has 0 saturated heterocycles. The summed E-state index contributed by atoms with van der Waals surface area (Å²) in [6.45, 7) is 3.87. The molecule has 0 unspecified atom stereocenters. The van der Waals surface area contributed by atoms with E-state index in [-0.39, 0.29) is 31.6 Å². The minimum Gasteiger partial charge on any atom is -0.352 e. The van der Waals surface area contributed by atoms with Gasteiger partial charge in [-0.2, -0.15) is 0 Å². The highest BCUT2D eigenvalue weighted by molar-refractivity contribution is 6.35. The maximum atomic E-state index is 11.1. The fraction of sp³-hybridized carbons (Fsp3) is 0.667. The largest absolute Gasteiger partial charge is 0.352 e. The zero-order chi connectivity index (χ0) is 12.6. The van der Waals surface area contributed by atoms with Crippen molar-refractivity contribution in [1.82, 2.24) is 16.0 Å². The van der Waals surface area contributed by atoms with Crippen molar-refractivity contribution >= 4 is 17.7 Å². The van der Waals surface area contributed by atoms with Crippen molar-refractivity contribution in [2.75, 3.05) is 19.6 Å². The van der Waals surface area contributed by atoms with Crippen molar-refractivity contribution in [3.05, 3.63) is 0 Å². The average molecular weight is 230 g/mol. The Morgan fingerprint density at radius 2 is 1.69 bits per heavy atom. The zero-order valence-corrected chi connectivity index (χ0v) is 9.50. The van der Waals surface area contributed by atoms with E-state index in [1.54, 1.807) is 13.8 Å². The van der Waals surface area contributed by atoms with Crippen molar-refractivity contribution in [2.24, 2.45) is 5.73 Å². The highest BCUT2D eigenvalue weighted by Crippen LogP contribution is 1.76. The summed E-state index contributed by atoms with van der Waals surface area (Å²) < 4.78 is 0. The van der Waals surface area contributed by atoms with E-state index in [0.717, 1.165) is 0 Å². The van der Waals surface area contributed by atoms with Crippen LogP contribution in [0.3, 0.4) is 0 Å². The first-order chi connectivity index (χ1) is 7.47. The van der Waals surface area contributed by atoms with E-state index in [4.69, 9.17) is 5.73 Å². The third-order valence-corrected chi connectivity index (χ3v) is 1.50. The maximum Gasteiger partial charge on any atom is 0.309 e. The standard InChI is InChI=1S/C9H18N4O3/c1-6(2)13-7(14)5-12-9(16)8(15)11-4-3-10/h6H,3-5,10H2,1-2H3,(H,11,15)(H,12,16)(H,13,14). The third kappa shape index (κ3) is 6.77. The number of carbonyl (C=O) groups is 3. The minimum absolute atomic E-state index is 0.00420. The minimum atomic E-state index is -0.840.